The highest BCUT2D eigenvalue weighted by Gasteiger charge is 2.24. The van der Waals surface area contributed by atoms with E-state index in [0.29, 0.717) is 16.9 Å². The van der Waals surface area contributed by atoms with Gasteiger partial charge < -0.3 is 21.9 Å². The lowest BCUT2D eigenvalue weighted by atomic mass is 10.0. The number of carboxylic acid groups (broad SMARTS) is 1. The van der Waals surface area contributed by atoms with Crippen LogP contribution in [0.3, 0.4) is 0 Å². The average molecular weight is 490 g/mol. The van der Waals surface area contributed by atoms with E-state index in [1.54, 1.807) is 48.1 Å². The Balaban J connectivity index is 1.72. The van der Waals surface area contributed by atoms with E-state index in [4.69, 9.17) is 34.7 Å². The van der Waals surface area contributed by atoms with Crippen LogP contribution < -0.4 is 16.8 Å². The van der Waals surface area contributed by atoms with Crippen molar-refractivity contribution in [3.05, 3.63) is 75.5 Å². The van der Waals surface area contributed by atoms with Gasteiger partial charge in [0.05, 0.1) is 33.5 Å². The summed E-state index contributed by atoms with van der Waals surface area (Å²) >= 11 is 12.1. The molecule has 0 bridgehead atoms. The number of guanidine groups is 1. The Morgan fingerprint density at radius 3 is 2.36 bits per heavy atom. The molecule has 0 aliphatic heterocycles. The number of carbonyl (C=O) groups is 2. The maximum Gasteiger partial charge on any atom is 0.326 e. The van der Waals surface area contributed by atoms with Gasteiger partial charge in [0.1, 0.15) is 11.7 Å². The van der Waals surface area contributed by atoms with E-state index in [9.17, 15) is 14.7 Å². The Bertz CT molecular complexity index is 1170. The molecular weight excluding hydrogens is 469 g/mol. The van der Waals surface area contributed by atoms with Gasteiger partial charge in [-0.3, -0.25) is 4.79 Å². The molecule has 10 nitrogen and oxygen atoms in total. The van der Waals surface area contributed by atoms with Gasteiger partial charge in [0.2, 0.25) is 0 Å². The topological polar surface area (TPSA) is 162 Å². The van der Waals surface area contributed by atoms with Gasteiger partial charge in [0.15, 0.2) is 5.96 Å². The molecule has 0 spiro atoms. The number of halogens is 2. The first-order chi connectivity index (χ1) is 15.7. The Morgan fingerprint density at radius 1 is 1.15 bits per heavy atom. The first kappa shape index (κ1) is 24.0. The van der Waals surface area contributed by atoms with Crippen molar-refractivity contribution in [1.82, 2.24) is 20.3 Å². The zero-order chi connectivity index (χ0) is 24.1. The van der Waals surface area contributed by atoms with Crippen molar-refractivity contribution in [2.75, 3.05) is 0 Å². The minimum atomic E-state index is -1.19. The van der Waals surface area contributed by atoms with Crippen LogP contribution in [-0.2, 0) is 11.2 Å². The minimum absolute atomic E-state index is 0.0272. The van der Waals surface area contributed by atoms with E-state index in [1.165, 1.54) is 12.1 Å². The highest BCUT2D eigenvalue weighted by molar-refractivity contribution is 6.39. The molecule has 0 aliphatic carbocycles. The summed E-state index contributed by atoms with van der Waals surface area (Å²) < 4.78 is 1.55. The number of hydrogen-bond donors (Lipinski definition) is 4. The first-order valence-electron chi connectivity index (χ1n) is 9.73. The zero-order valence-electron chi connectivity index (χ0n) is 17.4. The second-order valence-electron chi connectivity index (χ2n) is 7.15. The van der Waals surface area contributed by atoms with E-state index in [0.717, 1.165) is 0 Å². The maximum atomic E-state index is 12.6. The third-order valence-corrected chi connectivity index (χ3v) is 5.35. The van der Waals surface area contributed by atoms with Gasteiger partial charge >= 0.3 is 5.97 Å². The summed E-state index contributed by atoms with van der Waals surface area (Å²) in [4.78, 5) is 28.3. The van der Waals surface area contributed by atoms with Crippen molar-refractivity contribution in [3.63, 3.8) is 0 Å². The van der Waals surface area contributed by atoms with Crippen molar-refractivity contribution >= 4 is 41.0 Å². The predicted molar refractivity (Wildman–Crippen MR) is 125 cm³/mol. The molecule has 1 unspecified atom stereocenters. The van der Waals surface area contributed by atoms with Crippen LogP contribution in [0.1, 0.15) is 34.6 Å². The number of carboxylic acids is 1. The number of nitrogens with one attached hydrogen (secondary N) is 1. The number of carbonyl (C=O) groups excluding carboxylic acids is 1. The fourth-order valence-corrected chi connectivity index (χ4v) is 3.62. The van der Waals surface area contributed by atoms with E-state index in [1.807, 2.05) is 0 Å². The molecule has 172 valence electrons. The van der Waals surface area contributed by atoms with Crippen molar-refractivity contribution in [2.45, 2.75) is 25.4 Å². The summed E-state index contributed by atoms with van der Waals surface area (Å²) in [6.07, 6.45) is 1.74. The molecule has 33 heavy (non-hydrogen) atoms. The Hall–Kier alpha value is -3.63. The quantitative estimate of drug-likeness (QED) is 0.278. The van der Waals surface area contributed by atoms with Crippen LogP contribution in [0.25, 0.3) is 5.69 Å². The summed E-state index contributed by atoms with van der Waals surface area (Å²) in [6, 6.07) is 10.0. The summed E-state index contributed by atoms with van der Waals surface area (Å²) in [7, 11) is 0. The van der Waals surface area contributed by atoms with E-state index >= 15 is 0 Å². The number of aliphatic imine (C=N–C) groups is 1. The molecule has 3 aromatic rings. The van der Waals surface area contributed by atoms with Crippen molar-refractivity contribution in [1.29, 1.82) is 0 Å². The van der Waals surface area contributed by atoms with E-state index in [2.05, 4.69) is 20.6 Å². The molecule has 0 fully saturated rings. The molecule has 3 rings (SSSR count). The van der Waals surface area contributed by atoms with Gasteiger partial charge in [0, 0.05) is 6.42 Å². The molecule has 1 amide bonds. The molecule has 2 atom stereocenters. The number of hydrogen-bond acceptors (Lipinski definition) is 5. The number of nitrogens with zero attached hydrogens (tertiary/aromatic N) is 4. The van der Waals surface area contributed by atoms with Crippen molar-refractivity contribution in [2.24, 2.45) is 16.5 Å². The Kier molecular flexibility index (Phi) is 7.52. The fourth-order valence-electron chi connectivity index (χ4n) is 3.05. The van der Waals surface area contributed by atoms with Gasteiger partial charge in [0.25, 0.3) is 5.91 Å². The lowest BCUT2D eigenvalue weighted by Gasteiger charge is -2.16. The minimum Gasteiger partial charge on any atom is -0.480 e. The van der Waals surface area contributed by atoms with Crippen LogP contribution in [0.5, 0.6) is 0 Å². The molecule has 0 saturated carbocycles. The molecular formula is C21H21Cl2N7O3. The third kappa shape index (κ3) is 5.99. The molecule has 6 N–H and O–H groups in total. The maximum absolute atomic E-state index is 12.6. The number of aromatic nitrogens is 3. The van der Waals surface area contributed by atoms with Gasteiger partial charge in [-0.05, 0) is 36.8 Å². The predicted octanol–water partition coefficient (Wildman–Crippen LogP) is 2.33. The second kappa shape index (κ2) is 10.3. The van der Waals surface area contributed by atoms with Gasteiger partial charge in [-0.25, -0.2) is 14.5 Å². The molecule has 0 aliphatic rings. The van der Waals surface area contributed by atoms with Gasteiger partial charge in [-0.1, -0.05) is 46.6 Å². The first-order valence-corrected chi connectivity index (χ1v) is 10.5. The number of nitrogens with two attached hydrogens (primary N) is 2. The molecule has 0 saturated heterocycles. The third-order valence-electron chi connectivity index (χ3n) is 4.72. The van der Waals surface area contributed by atoms with Gasteiger partial charge in [-0.2, -0.15) is 0 Å². The van der Waals surface area contributed by atoms with Crippen molar-refractivity contribution < 1.29 is 14.7 Å². The van der Waals surface area contributed by atoms with Crippen LogP contribution >= 0.6 is 23.2 Å². The largest absolute Gasteiger partial charge is 0.480 e. The van der Waals surface area contributed by atoms with Gasteiger partial charge in [-0.15, -0.1) is 5.10 Å². The lowest BCUT2D eigenvalue weighted by molar-refractivity contribution is -0.139. The summed E-state index contributed by atoms with van der Waals surface area (Å²) in [5.41, 5.74) is 12.8. The Labute approximate surface area is 199 Å². The Morgan fingerprint density at radius 2 is 1.79 bits per heavy atom. The molecule has 12 heteroatoms. The highest BCUT2D eigenvalue weighted by Crippen LogP contribution is 2.24. The molecule has 1 aromatic heterocycles. The van der Waals surface area contributed by atoms with E-state index < -0.39 is 17.9 Å². The van der Waals surface area contributed by atoms with Crippen LogP contribution in [0.15, 0.2) is 53.7 Å². The van der Waals surface area contributed by atoms with E-state index in [-0.39, 0.29) is 34.0 Å². The summed E-state index contributed by atoms with van der Waals surface area (Å²) in [6.45, 7) is 1.79. The summed E-state index contributed by atoms with van der Waals surface area (Å²) in [5.74, 6) is -1.90. The zero-order valence-corrected chi connectivity index (χ0v) is 19.0. The molecule has 1 heterocycles. The second-order valence-corrected chi connectivity index (χ2v) is 7.96. The lowest BCUT2D eigenvalue weighted by Crippen LogP contribution is -2.42. The van der Waals surface area contributed by atoms with Crippen LogP contribution in [0, 0.1) is 0 Å². The number of amides is 1. The summed E-state index contributed by atoms with van der Waals surface area (Å²) in [5, 5.41) is 20.5. The van der Waals surface area contributed by atoms with Crippen molar-refractivity contribution in [3.8, 4) is 5.69 Å². The average Bonchev–Trinajstić information content (AvgIpc) is 3.23. The fraction of sp³-hybridized carbons (Fsp3) is 0.190. The number of aliphatic carboxylic acids is 1. The van der Waals surface area contributed by atoms with Crippen LogP contribution in [0.4, 0.5) is 0 Å². The smallest absolute Gasteiger partial charge is 0.326 e. The number of rotatable bonds is 8. The monoisotopic (exact) mass is 489 g/mol. The van der Waals surface area contributed by atoms with Crippen LogP contribution in [0.2, 0.25) is 10.0 Å². The normalized spacial score (nSPS) is 12.6. The van der Waals surface area contributed by atoms with Crippen LogP contribution in [-0.4, -0.2) is 44.0 Å². The number of benzene rings is 2. The SMILES string of the molecule is CC(N=C(N)N)c1cn(-c2ccc(C[C@H](NC(=O)c3c(Cl)cccc3Cl)C(=O)O)cc2)nn1. The standard InChI is InChI=1S/C21H21Cl2N7O3/c1-11(26-21(24)25)17-10-30(29-28-17)13-7-5-12(6-8-13)9-16(20(32)33)27-19(31)18-14(22)3-2-4-15(18)23/h2-8,10-11,16H,9H2,1H3,(H,27,31)(H,32,33)(H4,24,25,26)/t11?,16-/m0/s1. The molecule has 0 radical (unpaired) electrons. The molecule has 2 aromatic carbocycles. The highest BCUT2D eigenvalue weighted by atomic mass is 35.5.